The van der Waals surface area contributed by atoms with Crippen molar-refractivity contribution in [3.8, 4) is 0 Å². The van der Waals surface area contributed by atoms with Crippen LogP contribution in [-0.4, -0.2) is 21.4 Å². The third-order valence-corrected chi connectivity index (χ3v) is 5.00. The highest BCUT2D eigenvalue weighted by Crippen LogP contribution is 2.08. The maximum Gasteiger partial charge on any atom is 0.220 e. The van der Waals surface area contributed by atoms with Gasteiger partial charge in [0.05, 0.1) is 5.75 Å². The van der Waals surface area contributed by atoms with Crippen molar-refractivity contribution in [1.29, 1.82) is 0 Å². The van der Waals surface area contributed by atoms with Gasteiger partial charge in [0, 0.05) is 13.0 Å². The molecule has 0 fully saturated rings. The van der Waals surface area contributed by atoms with Gasteiger partial charge >= 0.3 is 0 Å². The van der Waals surface area contributed by atoms with Crippen molar-refractivity contribution in [1.82, 2.24) is 10.0 Å². The molecule has 0 radical (unpaired) electrons. The maximum absolute atomic E-state index is 11.9. The predicted octanol–water partition coefficient (Wildman–Crippen LogP) is 1.98. The van der Waals surface area contributed by atoms with Crippen molar-refractivity contribution in [3.05, 3.63) is 71.3 Å². The summed E-state index contributed by atoms with van der Waals surface area (Å²) in [4.78, 5) is 11.9. The molecule has 24 heavy (non-hydrogen) atoms. The van der Waals surface area contributed by atoms with Crippen LogP contribution >= 0.6 is 0 Å². The molecule has 0 unspecified atom stereocenters. The Hall–Kier alpha value is -2.18. The lowest BCUT2D eigenvalue weighted by Crippen LogP contribution is -2.23. The van der Waals surface area contributed by atoms with E-state index in [4.69, 9.17) is 0 Å². The number of carbonyl (C=O) groups is 1. The third kappa shape index (κ3) is 6.14. The van der Waals surface area contributed by atoms with Gasteiger partial charge in [0.2, 0.25) is 15.9 Å². The van der Waals surface area contributed by atoms with Crippen LogP contribution in [0.25, 0.3) is 0 Å². The number of sulfonamides is 1. The fourth-order valence-corrected chi connectivity index (χ4v) is 3.01. The van der Waals surface area contributed by atoms with Crippen molar-refractivity contribution < 1.29 is 13.2 Å². The smallest absolute Gasteiger partial charge is 0.220 e. The van der Waals surface area contributed by atoms with Gasteiger partial charge in [-0.1, -0.05) is 54.6 Å². The Kier molecular flexibility index (Phi) is 6.52. The molecule has 0 spiro atoms. The standard InChI is InChI=1S/C18H22N2O3S/c1-19-24(22,23)14-17-9-7-16(8-10-17)13-20-18(21)12-11-15-5-3-2-4-6-15/h2-10,19H,11-14H2,1H3,(H,20,21). The number of benzene rings is 2. The third-order valence-electron chi connectivity index (χ3n) is 3.66. The Balaban J connectivity index is 1.78. The van der Waals surface area contributed by atoms with Gasteiger partial charge in [0.1, 0.15) is 0 Å². The molecule has 0 aliphatic carbocycles. The first kappa shape index (κ1) is 18.2. The number of carbonyl (C=O) groups excluding carboxylic acids is 1. The van der Waals surface area contributed by atoms with E-state index in [0.29, 0.717) is 24.9 Å². The zero-order valence-corrected chi connectivity index (χ0v) is 14.5. The monoisotopic (exact) mass is 346 g/mol. The molecule has 2 N–H and O–H groups in total. The van der Waals surface area contributed by atoms with Gasteiger partial charge < -0.3 is 5.32 Å². The van der Waals surface area contributed by atoms with Gasteiger partial charge in [0.15, 0.2) is 0 Å². The first-order valence-electron chi connectivity index (χ1n) is 7.78. The Bertz CT molecular complexity index is 757. The lowest BCUT2D eigenvalue weighted by molar-refractivity contribution is -0.121. The lowest BCUT2D eigenvalue weighted by atomic mass is 10.1. The highest BCUT2D eigenvalue weighted by atomic mass is 32.2. The SMILES string of the molecule is CNS(=O)(=O)Cc1ccc(CNC(=O)CCc2ccccc2)cc1. The predicted molar refractivity (Wildman–Crippen MR) is 94.7 cm³/mol. The quantitative estimate of drug-likeness (QED) is 0.767. The molecule has 0 heterocycles. The molecule has 128 valence electrons. The molecule has 2 aromatic rings. The molecule has 0 bridgehead atoms. The molecule has 0 saturated heterocycles. The summed E-state index contributed by atoms with van der Waals surface area (Å²) in [5.74, 6) is -0.0478. The van der Waals surface area contributed by atoms with E-state index in [1.165, 1.54) is 7.05 Å². The summed E-state index contributed by atoms with van der Waals surface area (Å²) in [5.41, 5.74) is 2.79. The average Bonchev–Trinajstić information content (AvgIpc) is 2.60. The number of hydrogen-bond acceptors (Lipinski definition) is 3. The van der Waals surface area contributed by atoms with E-state index < -0.39 is 10.0 Å². The van der Waals surface area contributed by atoms with Gasteiger partial charge in [-0.3, -0.25) is 4.79 Å². The molecule has 0 aromatic heterocycles. The van der Waals surface area contributed by atoms with E-state index in [1.54, 1.807) is 12.1 Å². The second-order valence-electron chi connectivity index (χ2n) is 5.54. The minimum atomic E-state index is -3.26. The summed E-state index contributed by atoms with van der Waals surface area (Å²) in [6.07, 6.45) is 1.16. The Morgan fingerprint density at radius 2 is 1.54 bits per heavy atom. The molecular formula is C18H22N2O3S. The van der Waals surface area contributed by atoms with Crippen molar-refractivity contribution in [2.75, 3.05) is 7.05 Å². The summed E-state index contributed by atoms with van der Waals surface area (Å²) < 4.78 is 25.3. The van der Waals surface area contributed by atoms with Crippen LogP contribution in [0.5, 0.6) is 0 Å². The topological polar surface area (TPSA) is 75.3 Å². The average molecular weight is 346 g/mol. The normalized spacial score (nSPS) is 11.2. The van der Waals surface area contributed by atoms with Crippen LogP contribution in [-0.2, 0) is 33.5 Å². The van der Waals surface area contributed by atoms with Crippen LogP contribution in [0.15, 0.2) is 54.6 Å². The van der Waals surface area contributed by atoms with Crippen LogP contribution in [0.2, 0.25) is 0 Å². The largest absolute Gasteiger partial charge is 0.352 e. The fourth-order valence-electron chi connectivity index (χ4n) is 2.24. The Morgan fingerprint density at radius 3 is 2.17 bits per heavy atom. The van der Waals surface area contributed by atoms with E-state index in [0.717, 1.165) is 11.1 Å². The number of nitrogens with one attached hydrogen (secondary N) is 2. The van der Waals surface area contributed by atoms with Crippen molar-refractivity contribution in [3.63, 3.8) is 0 Å². The lowest BCUT2D eigenvalue weighted by Gasteiger charge is -2.07. The van der Waals surface area contributed by atoms with Crippen LogP contribution in [0.3, 0.4) is 0 Å². The number of aryl methyl sites for hydroxylation is 1. The van der Waals surface area contributed by atoms with Crippen LogP contribution in [0.1, 0.15) is 23.1 Å². The van der Waals surface area contributed by atoms with E-state index in [2.05, 4.69) is 10.0 Å². The summed E-state index contributed by atoms with van der Waals surface area (Å²) in [6, 6.07) is 17.1. The van der Waals surface area contributed by atoms with E-state index in [1.807, 2.05) is 42.5 Å². The van der Waals surface area contributed by atoms with Crippen LogP contribution < -0.4 is 10.0 Å². The van der Waals surface area contributed by atoms with E-state index in [-0.39, 0.29) is 11.7 Å². The molecule has 6 heteroatoms. The van der Waals surface area contributed by atoms with Gasteiger partial charge in [0.25, 0.3) is 0 Å². The van der Waals surface area contributed by atoms with Gasteiger partial charge in [-0.15, -0.1) is 0 Å². The van der Waals surface area contributed by atoms with Gasteiger partial charge in [-0.25, -0.2) is 13.1 Å². The van der Waals surface area contributed by atoms with E-state index >= 15 is 0 Å². The van der Waals surface area contributed by atoms with Gasteiger partial charge in [-0.2, -0.15) is 0 Å². The van der Waals surface area contributed by atoms with Crippen molar-refractivity contribution in [2.24, 2.45) is 0 Å². The van der Waals surface area contributed by atoms with Crippen LogP contribution in [0, 0.1) is 0 Å². The molecule has 0 aliphatic rings. The minimum Gasteiger partial charge on any atom is -0.352 e. The Labute approximate surface area is 143 Å². The molecule has 5 nitrogen and oxygen atoms in total. The summed E-state index contributed by atoms with van der Waals surface area (Å²) in [6.45, 7) is 0.437. The molecule has 0 atom stereocenters. The number of rotatable bonds is 8. The highest BCUT2D eigenvalue weighted by Gasteiger charge is 2.08. The molecule has 2 rings (SSSR count). The fraction of sp³-hybridized carbons (Fsp3) is 0.278. The minimum absolute atomic E-state index is 0.000639. The highest BCUT2D eigenvalue weighted by molar-refractivity contribution is 7.88. The molecule has 2 aromatic carbocycles. The second-order valence-corrected chi connectivity index (χ2v) is 7.47. The van der Waals surface area contributed by atoms with Crippen LogP contribution in [0.4, 0.5) is 0 Å². The summed E-state index contributed by atoms with van der Waals surface area (Å²) in [7, 11) is -1.87. The Morgan fingerprint density at radius 1 is 0.917 bits per heavy atom. The second kappa shape index (κ2) is 8.61. The zero-order valence-electron chi connectivity index (χ0n) is 13.7. The van der Waals surface area contributed by atoms with Gasteiger partial charge in [-0.05, 0) is 30.2 Å². The van der Waals surface area contributed by atoms with Crippen molar-refractivity contribution in [2.45, 2.75) is 25.1 Å². The zero-order chi connectivity index (χ0) is 17.4. The summed E-state index contributed by atoms with van der Waals surface area (Å²) in [5, 5.41) is 2.88. The first-order valence-corrected chi connectivity index (χ1v) is 9.43. The molecule has 1 amide bonds. The number of hydrogen-bond donors (Lipinski definition) is 2. The van der Waals surface area contributed by atoms with E-state index in [9.17, 15) is 13.2 Å². The molecule has 0 saturated carbocycles. The maximum atomic E-state index is 11.9. The number of amides is 1. The molecule has 0 aliphatic heterocycles. The van der Waals surface area contributed by atoms with Crippen molar-refractivity contribution >= 4 is 15.9 Å². The molecular weight excluding hydrogens is 324 g/mol. The first-order chi connectivity index (χ1) is 11.5. The summed E-state index contributed by atoms with van der Waals surface area (Å²) >= 11 is 0.